The fraction of sp³-hybridized carbons (Fsp3) is 0.800. The van der Waals surface area contributed by atoms with Gasteiger partial charge in [0, 0.05) is 13.0 Å². The minimum atomic E-state index is -0.392. The van der Waals surface area contributed by atoms with E-state index in [0.717, 1.165) is 0 Å². The Bertz CT molecular complexity index is 238. The lowest BCUT2D eigenvalue weighted by Gasteiger charge is -2.38. The normalized spacial score (nSPS) is 18.0. The number of rotatable bonds is 4. The van der Waals surface area contributed by atoms with Crippen molar-refractivity contribution in [2.24, 2.45) is 5.92 Å². The molecule has 0 aliphatic carbocycles. The first-order valence-electron chi connectivity index (χ1n) is 5.04. The van der Waals surface area contributed by atoms with Crippen molar-refractivity contribution < 1.29 is 14.3 Å². The standard InChI is InChI=1S/C10H17NO3/c1-4-14-10(13)9(7(2)3)11-6-5-8(11)12/h7,9H,4-6H2,1-3H3. The van der Waals surface area contributed by atoms with Crippen LogP contribution in [0.3, 0.4) is 0 Å². The molecule has 14 heavy (non-hydrogen) atoms. The van der Waals surface area contributed by atoms with E-state index in [0.29, 0.717) is 19.6 Å². The predicted molar refractivity (Wildman–Crippen MR) is 51.6 cm³/mol. The molecular formula is C10H17NO3. The summed E-state index contributed by atoms with van der Waals surface area (Å²) in [6, 6.07) is -0.392. The molecule has 0 bridgehead atoms. The molecule has 1 atom stereocenters. The number of hydrogen-bond acceptors (Lipinski definition) is 3. The maximum atomic E-state index is 11.5. The van der Waals surface area contributed by atoms with Gasteiger partial charge in [-0.15, -0.1) is 0 Å². The molecule has 1 aliphatic heterocycles. The van der Waals surface area contributed by atoms with Gasteiger partial charge >= 0.3 is 5.97 Å². The highest BCUT2D eigenvalue weighted by atomic mass is 16.5. The molecule has 0 saturated carbocycles. The van der Waals surface area contributed by atoms with Crippen molar-refractivity contribution in [3.8, 4) is 0 Å². The van der Waals surface area contributed by atoms with Gasteiger partial charge in [0.2, 0.25) is 5.91 Å². The molecule has 1 aliphatic rings. The molecule has 0 spiro atoms. The van der Waals surface area contributed by atoms with E-state index in [1.807, 2.05) is 13.8 Å². The number of ether oxygens (including phenoxy) is 1. The molecule has 1 amide bonds. The van der Waals surface area contributed by atoms with Crippen molar-refractivity contribution >= 4 is 11.9 Å². The zero-order chi connectivity index (χ0) is 10.7. The fourth-order valence-corrected chi connectivity index (χ4v) is 1.61. The second-order valence-corrected chi connectivity index (χ2v) is 3.78. The van der Waals surface area contributed by atoms with Crippen LogP contribution in [0.2, 0.25) is 0 Å². The third kappa shape index (κ3) is 2.05. The summed E-state index contributed by atoms with van der Waals surface area (Å²) in [6.45, 7) is 6.66. The Morgan fingerprint density at radius 3 is 2.50 bits per heavy atom. The molecular weight excluding hydrogens is 182 g/mol. The SMILES string of the molecule is CCOC(=O)C(C(C)C)N1CCC1=O. The first-order chi connectivity index (χ1) is 6.57. The smallest absolute Gasteiger partial charge is 0.329 e. The van der Waals surface area contributed by atoms with Crippen molar-refractivity contribution in [3.05, 3.63) is 0 Å². The predicted octanol–water partition coefficient (Wildman–Crippen LogP) is 0.806. The third-order valence-corrected chi connectivity index (χ3v) is 2.38. The van der Waals surface area contributed by atoms with Crippen LogP contribution in [0.4, 0.5) is 0 Å². The number of carbonyl (C=O) groups excluding carboxylic acids is 2. The van der Waals surface area contributed by atoms with E-state index in [2.05, 4.69) is 0 Å². The van der Waals surface area contributed by atoms with Gasteiger partial charge in [0.05, 0.1) is 6.61 Å². The Kier molecular flexibility index (Phi) is 3.49. The number of β-lactam (4-membered cyclic amide) rings is 1. The van der Waals surface area contributed by atoms with E-state index in [1.54, 1.807) is 11.8 Å². The molecule has 1 saturated heterocycles. The van der Waals surface area contributed by atoms with Crippen molar-refractivity contribution in [2.75, 3.05) is 13.2 Å². The molecule has 1 rings (SSSR count). The van der Waals surface area contributed by atoms with E-state index < -0.39 is 6.04 Å². The fourth-order valence-electron chi connectivity index (χ4n) is 1.61. The molecule has 0 aromatic carbocycles. The van der Waals surface area contributed by atoms with Crippen molar-refractivity contribution in [1.82, 2.24) is 4.90 Å². The summed E-state index contributed by atoms with van der Waals surface area (Å²) in [5.74, 6) is -0.120. The summed E-state index contributed by atoms with van der Waals surface area (Å²) >= 11 is 0. The Morgan fingerprint density at radius 1 is 1.57 bits per heavy atom. The summed E-state index contributed by atoms with van der Waals surface area (Å²) < 4.78 is 4.94. The van der Waals surface area contributed by atoms with E-state index in [1.165, 1.54) is 0 Å². The molecule has 80 valence electrons. The summed E-state index contributed by atoms with van der Waals surface area (Å²) in [7, 11) is 0. The van der Waals surface area contributed by atoms with Crippen molar-refractivity contribution in [1.29, 1.82) is 0 Å². The first kappa shape index (κ1) is 11.0. The third-order valence-electron chi connectivity index (χ3n) is 2.38. The van der Waals surface area contributed by atoms with Crippen LogP contribution in [-0.4, -0.2) is 36.0 Å². The maximum Gasteiger partial charge on any atom is 0.329 e. The van der Waals surface area contributed by atoms with Gasteiger partial charge in [0.25, 0.3) is 0 Å². The van der Waals surface area contributed by atoms with Gasteiger partial charge in [0.15, 0.2) is 0 Å². The lowest BCUT2D eigenvalue weighted by Crippen LogP contribution is -2.55. The highest BCUT2D eigenvalue weighted by Gasteiger charge is 2.38. The largest absolute Gasteiger partial charge is 0.464 e. The maximum absolute atomic E-state index is 11.5. The number of carbonyl (C=O) groups is 2. The van der Waals surface area contributed by atoms with Gasteiger partial charge in [-0.1, -0.05) is 13.8 Å². The molecule has 4 heteroatoms. The van der Waals surface area contributed by atoms with Crippen LogP contribution in [0.1, 0.15) is 27.2 Å². The topological polar surface area (TPSA) is 46.6 Å². The average molecular weight is 199 g/mol. The van der Waals surface area contributed by atoms with Crippen LogP contribution in [0.15, 0.2) is 0 Å². The van der Waals surface area contributed by atoms with Crippen molar-refractivity contribution in [2.45, 2.75) is 33.2 Å². The Morgan fingerprint density at radius 2 is 2.21 bits per heavy atom. The molecule has 1 unspecified atom stereocenters. The van der Waals surface area contributed by atoms with Gasteiger partial charge in [-0.2, -0.15) is 0 Å². The molecule has 0 aromatic rings. The van der Waals surface area contributed by atoms with E-state index in [9.17, 15) is 9.59 Å². The lowest BCUT2D eigenvalue weighted by molar-refractivity contribution is -0.162. The monoisotopic (exact) mass is 199 g/mol. The van der Waals surface area contributed by atoms with Crippen LogP contribution in [0.5, 0.6) is 0 Å². The van der Waals surface area contributed by atoms with E-state index in [-0.39, 0.29) is 17.8 Å². The number of nitrogens with zero attached hydrogens (tertiary/aromatic N) is 1. The second-order valence-electron chi connectivity index (χ2n) is 3.78. The minimum Gasteiger partial charge on any atom is -0.464 e. The molecule has 0 N–H and O–H groups in total. The van der Waals surface area contributed by atoms with Crippen molar-refractivity contribution in [3.63, 3.8) is 0 Å². The van der Waals surface area contributed by atoms with Gasteiger partial charge in [-0.05, 0) is 12.8 Å². The van der Waals surface area contributed by atoms with Gasteiger partial charge in [-0.3, -0.25) is 4.79 Å². The van der Waals surface area contributed by atoms with Gasteiger partial charge in [-0.25, -0.2) is 4.79 Å². The lowest BCUT2D eigenvalue weighted by atomic mass is 9.99. The highest BCUT2D eigenvalue weighted by molar-refractivity contribution is 5.88. The minimum absolute atomic E-state index is 0.0525. The Labute approximate surface area is 84.2 Å². The molecule has 1 heterocycles. The molecule has 0 aromatic heterocycles. The highest BCUT2D eigenvalue weighted by Crippen LogP contribution is 2.20. The van der Waals surface area contributed by atoms with Crippen LogP contribution in [-0.2, 0) is 14.3 Å². The van der Waals surface area contributed by atoms with Crippen LogP contribution in [0, 0.1) is 5.92 Å². The molecule has 0 radical (unpaired) electrons. The van der Waals surface area contributed by atoms with Crippen LogP contribution < -0.4 is 0 Å². The molecule has 1 fully saturated rings. The Hall–Kier alpha value is -1.06. The number of esters is 1. The number of amides is 1. The van der Waals surface area contributed by atoms with Crippen LogP contribution >= 0.6 is 0 Å². The summed E-state index contributed by atoms with van der Waals surface area (Å²) in [5.41, 5.74) is 0. The van der Waals surface area contributed by atoms with E-state index >= 15 is 0 Å². The van der Waals surface area contributed by atoms with Crippen LogP contribution in [0.25, 0.3) is 0 Å². The first-order valence-corrected chi connectivity index (χ1v) is 5.04. The van der Waals surface area contributed by atoms with Gasteiger partial charge in [0.1, 0.15) is 6.04 Å². The summed E-state index contributed by atoms with van der Waals surface area (Å²) in [6.07, 6.45) is 0.558. The second kappa shape index (κ2) is 4.44. The molecule has 4 nitrogen and oxygen atoms in total. The quantitative estimate of drug-likeness (QED) is 0.497. The average Bonchev–Trinajstić information content (AvgIpc) is 2.11. The Balaban J connectivity index is 2.63. The van der Waals surface area contributed by atoms with E-state index in [4.69, 9.17) is 4.74 Å². The number of hydrogen-bond donors (Lipinski definition) is 0. The van der Waals surface area contributed by atoms with Gasteiger partial charge < -0.3 is 9.64 Å². The number of likely N-dealkylation sites (tertiary alicyclic amines) is 1. The summed E-state index contributed by atoms with van der Waals surface area (Å²) in [4.78, 5) is 24.4. The zero-order valence-electron chi connectivity index (χ0n) is 8.95. The summed E-state index contributed by atoms with van der Waals surface area (Å²) in [5, 5.41) is 0. The zero-order valence-corrected chi connectivity index (χ0v) is 8.95.